The second kappa shape index (κ2) is 20.0. The Bertz CT molecular complexity index is 1830. The molecule has 0 saturated heterocycles. The van der Waals surface area contributed by atoms with Crippen LogP contribution in [0.1, 0.15) is 17.5 Å². The molecule has 1 heterocycles. The number of primary amides is 1. The molecule has 0 radical (unpaired) electrons. The third-order valence-corrected chi connectivity index (χ3v) is 7.44. The van der Waals surface area contributed by atoms with E-state index in [0.717, 1.165) is 10.9 Å². The summed E-state index contributed by atoms with van der Waals surface area (Å²) in [4.78, 5) is 113. The number of hydrogen-bond donors (Lipinski definition) is 11. The van der Waals surface area contributed by atoms with Gasteiger partial charge in [0.15, 0.2) is 0 Å². The molecule has 0 fully saturated rings. The molecule has 0 bridgehead atoms. The number of nitrogens with two attached hydrogens (primary N) is 1. The number of para-hydroxylation sites is 1. The van der Waals surface area contributed by atoms with Gasteiger partial charge in [-0.2, -0.15) is 0 Å². The third-order valence-electron chi connectivity index (χ3n) is 7.44. The maximum atomic E-state index is 13.4. The summed E-state index contributed by atoms with van der Waals surface area (Å²) in [5.41, 5.74) is 6.89. The van der Waals surface area contributed by atoms with Crippen LogP contribution < -0.4 is 43.0 Å². The van der Waals surface area contributed by atoms with Crippen LogP contribution in [-0.4, -0.2) is 113 Å². The Labute approximate surface area is 301 Å². The van der Waals surface area contributed by atoms with Crippen molar-refractivity contribution in [2.45, 2.75) is 37.4 Å². The maximum absolute atomic E-state index is 13.4. The van der Waals surface area contributed by atoms with Gasteiger partial charge in [-0.25, -0.2) is 0 Å². The highest BCUT2D eigenvalue weighted by molar-refractivity contribution is 5.96. The van der Waals surface area contributed by atoms with Crippen molar-refractivity contribution in [1.29, 1.82) is 0 Å². The van der Waals surface area contributed by atoms with E-state index in [0.29, 0.717) is 17.5 Å². The molecule has 2 aromatic carbocycles. The van der Waals surface area contributed by atoms with Crippen LogP contribution in [-0.2, 0) is 56.0 Å². The Morgan fingerprint density at radius 2 is 1.23 bits per heavy atom. The van der Waals surface area contributed by atoms with Crippen LogP contribution >= 0.6 is 0 Å². The largest absolute Gasteiger partial charge is 0.508 e. The Morgan fingerprint density at radius 3 is 1.81 bits per heavy atom. The lowest BCUT2D eigenvalue weighted by molar-refractivity contribution is -0.140. The van der Waals surface area contributed by atoms with E-state index in [1.807, 2.05) is 0 Å². The molecule has 0 aliphatic carbocycles. The second-order valence-corrected chi connectivity index (χ2v) is 11.5. The molecule has 53 heavy (non-hydrogen) atoms. The molecule has 0 unspecified atom stereocenters. The predicted octanol–water partition coefficient (Wildman–Crippen LogP) is -3.83. The zero-order valence-electron chi connectivity index (χ0n) is 28.1. The molecule has 0 aliphatic rings. The van der Waals surface area contributed by atoms with Crippen LogP contribution in [0.15, 0.2) is 54.7 Å². The minimum Gasteiger partial charge on any atom is -0.508 e. The Morgan fingerprint density at radius 1 is 0.698 bits per heavy atom. The van der Waals surface area contributed by atoms with E-state index < -0.39 is 98.0 Å². The molecule has 0 aliphatic heterocycles. The molecule has 282 valence electrons. The van der Waals surface area contributed by atoms with Gasteiger partial charge in [0.25, 0.3) is 0 Å². The van der Waals surface area contributed by atoms with Crippen molar-refractivity contribution in [1.82, 2.24) is 42.2 Å². The van der Waals surface area contributed by atoms with Crippen LogP contribution in [0.3, 0.4) is 0 Å². The average molecular weight is 738 g/mol. The predicted molar refractivity (Wildman–Crippen MR) is 184 cm³/mol. The molecular formula is C33H39N9O11. The molecule has 20 nitrogen and oxygen atoms in total. The van der Waals surface area contributed by atoms with Gasteiger partial charge in [0.2, 0.25) is 47.8 Å². The zero-order chi connectivity index (χ0) is 38.9. The first-order chi connectivity index (χ1) is 25.2. The first kappa shape index (κ1) is 40.4. The van der Waals surface area contributed by atoms with Gasteiger partial charge in [-0.05, 0) is 29.3 Å². The van der Waals surface area contributed by atoms with Crippen molar-refractivity contribution < 1.29 is 53.4 Å². The molecule has 12 N–H and O–H groups in total. The minimum atomic E-state index is -1.61. The summed E-state index contributed by atoms with van der Waals surface area (Å²) < 4.78 is 0. The summed E-state index contributed by atoms with van der Waals surface area (Å²) in [5, 5.41) is 35.6. The topological polar surface area (TPSA) is 320 Å². The van der Waals surface area contributed by atoms with Gasteiger partial charge in [0.05, 0.1) is 32.6 Å². The van der Waals surface area contributed by atoms with E-state index in [4.69, 9.17) is 10.8 Å². The standard InChI is InChI=1S/C33H39N9O11/c34-26(45)13-37-33(53)25(11-30(49)50)42-29(48)16-39-32(52)24(10-19-12-36-22-4-2-1-3-21(19)22)41-28(47)15-38-31(51)23(40-27(46)14-35-17-43)9-18-5-7-20(44)8-6-18/h1-8,12,17,23-25,36,44H,9-11,13-16H2,(H2,34,45)(H,35,43)(H,37,53)(H,38,51)(H,39,52)(H,40,46)(H,41,47)(H,42,48)(H,49,50)/t23-,24-,25-/m0/s1. The van der Waals surface area contributed by atoms with E-state index in [-0.39, 0.29) is 18.6 Å². The summed E-state index contributed by atoms with van der Waals surface area (Å²) in [5.74, 6) is -7.48. The number of benzene rings is 2. The van der Waals surface area contributed by atoms with E-state index >= 15 is 0 Å². The monoisotopic (exact) mass is 737 g/mol. The first-order valence-electron chi connectivity index (χ1n) is 16.0. The molecule has 0 saturated carbocycles. The fraction of sp³-hybridized carbons (Fsp3) is 0.303. The SMILES string of the molecule is NC(=O)CNC(=O)[C@H](CC(=O)O)NC(=O)CNC(=O)[C@H](Cc1c[nH]c2ccccc12)NC(=O)CNC(=O)[C@H](Cc1ccc(O)cc1)NC(=O)CNC=O. The van der Waals surface area contributed by atoms with Crippen LogP contribution in [0.25, 0.3) is 10.9 Å². The molecule has 3 atom stereocenters. The van der Waals surface area contributed by atoms with Gasteiger partial charge < -0.3 is 58.1 Å². The van der Waals surface area contributed by atoms with Crippen LogP contribution in [0, 0.1) is 0 Å². The number of amides is 8. The molecular weight excluding hydrogens is 698 g/mol. The van der Waals surface area contributed by atoms with Crippen molar-refractivity contribution in [3.63, 3.8) is 0 Å². The van der Waals surface area contributed by atoms with Crippen molar-refractivity contribution in [2.75, 3.05) is 26.2 Å². The Hall–Kier alpha value is -6.99. The number of fused-ring (bicyclic) bond motifs is 1. The summed E-state index contributed by atoms with van der Waals surface area (Å²) in [7, 11) is 0. The number of aromatic amines is 1. The number of aromatic hydroxyl groups is 1. The number of carbonyl (C=O) groups is 9. The maximum Gasteiger partial charge on any atom is 0.305 e. The van der Waals surface area contributed by atoms with E-state index in [1.165, 1.54) is 24.3 Å². The zero-order valence-corrected chi connectivity index (χ0v) is 28.1. The number of rotatable bonds is 21. The number of aliphatic carboxylic acids is 1. The molecule has 1 aromatic heterocycles. The van der Waals surface area contributed by atoms with Gasteiger partial charge in [0.1, 0.15) is 23.9 Å². The number of phenols is 1. The van der Waals surface area contributed by atoms with Crippen molar-refractivity contribution in [3.8, 4) is 5.75 Å². The lowest BCUT2D eigenvalue weighted by Gasteiger charge is -2.21. The van der Waals surface area contributed by atoms with Gasteiger partial charge in [-0.3, -0.25) is 43.2 Å². The number of carboxylic acids is 1. The smallest absolute Gasteiger partial charge is 0.305 e. The van der Waals surface area contributed by atoms with Gasteiger partial charge >= 0.3 is 5.97 Å². The molecule has 3 aromatic rings. The van der Waals surface area contributed by atoms with Crippen LogP contribution in [0.2, 0.25) is 0 Å². The van der Waals surface area contributed by atoms with Crippen molar-refractivity contribution in [3.05, 3.63) is 65.9 Å². The third kappa shape index (κ3) is 13.7. The lowest BCUT2D eigenvalue weighted by atomic mass is 10.0. The van der Waals surface area contributed by atoms with E-state index in [1.54, 1.807) is 30.5 Å². The Balaban J connectivity index is 1.70. The number of carboxylic acid groups (broad SMARTS) is 1. The van der Waals surface area contributed by atoms with Gasteiger partial charge in [0, 0.05) is 29.9 Å². The summed E-state index contributed by atoms with van der Waals surface area (Å²) in [6.07, 6.45) is 0.955. The number of carbonyl (C=O) groups excluding carboxylic acids is 8. The fourth-order valence-corrected chi connectivity index (χ4v) is 4.94. The minimum absolute atomic E-state index is 0.0238. The van der Waals surface area contributed by atoms with Crippen molar-refractivity contribution >= 4 is 64.6 Å². The number of phenolic OH excluding ortho intramolecular Hbond substituents is 1. The quantitative estimate of drug-likeness (QED) is 0.0471. The second-order valence-electron chi connectivity index (χ2n) is 11.5. The average Bonchev–Trinajstić information content (AvgIpc) is 3.53. The van der Waals surface area contributed by atoms with Gasteiger partial charge in [-0.1, -0.05) is 30.3 Å². The molecule has 0 spiro atoms. The van der Waals surface area contributed by atoms with Gasteiger partial charge in [-0.15, -0.1) is 0 Å². The fourth-order valence-electron chi connectivity index (χ4n) is 4.94. The molecule has 3 rings (SSSR count). The number of H-pyrrole nitrogens is 1. The highest BCUT2D eigenvalue weighted by Gasteiger charge is 2.27. The molecule has 20 heteroatoms. The van der Waals surface area contributed by atoms with Crippen LogP contribution in [0.4, 0.5) is 0 Å². The van der Waals surface area contributed by atoms with Crippen LogP contribution in [0.5, 0.6) is 5.75 Å². The van der Waals surface area contributed by atoms with Crippen molar-refractivity contribution in [2.24, 2.45) is 5.73 Å². The van der Waals surface area contributed by atoms with E-state index in [9.17, 15) is 48.3 Å². The number of hydrogen-bond acceptors (Lipinski definition) is 10. The molecule has 8 amide bonds. The first-order valence-corrected chi connectivity index (χ1v) is 16.0. The summed E-state index contributed by atoms with van der Waals surface area (Å²) >= 11 is 0. The lowest BCUT2D eigenvalue weighted by Crippen LogP contribution is -2.55. The highest BCUT2D eigenvalue weighted by Crippen LogP contribution is 2.19. The highest BCUT2D eigenvalue weighted by atomic mass is 16.4. The number of aromatic nitrogens is 1. The van der Waals surface area contributed by atoms with E-state index in [2.05, 4.69) is 42.2 Å². The summed E-state index contributed by atoms with van der Waals surface area (Å²) in [6, 6.07) is 8.82. The normalized spacial score (nSPS) is 12.2. The summed E-state index contributed by atoms with van der Waals surface area (Å²) in [6.45, 7) is -2.42. The Kier molecular flexibility index (Phi) is 15.3. The number of nitrogens with one attached hydrogen (secondary N) is 8.